The number of hydrogen-bond acceptors (Lipinski definition) is 2. The van der Waals surface area contributed by atoms with Crippen molar-refractivity contribution < 1.29 is 9.90 Å². The number of rotatable bonds is 5. The van der Waals surface area contributed by atoms with E-state index >= 15 is 0 Å². The Morgan fingerprint density at radius 2 is 2.16 bits per heavy atom. The third kappa shape index (κ3) is 2.84. The summed E-state index contributed by atoms with van der Waals surface area (Å²) in [5.41, 5.74) is 2.17. The number of benzene rings is 1. The van der Waals surface area contributed by atoms with Crippen LogP contribution in [0.25, 0.3) is 0 Å². The van der Waals surface area contributed by atoms with Crippen molar-refractivity contribution in [3.8, 4) is 0 Å². The van der Waals surface area contributed by atoms with Gasteiger partial charge >= 0.3 is 5.97 Å². The molecule has 4 heteroatoms. The Balaban J connectivity index is 2.32. The summed E-state index contributed by atoms with van der Waals surface area (Å²) in [6.07, 6.45) is 3.95. The van der Waals surface area contributed by atoms with Crippen molar-refractivity contribution in [2.75, 3.05) is 0 Å². The predicted octanol–water partition coefficient (Wildman–Crippen LogP) is 2.62. The zero-order valence-corrected chi connectivity index (χ0v) is 11.2. The lowest BCUT2D eigenvalue weighted by Gasteiger charge is -2.15. The Hall–Kier alpha value is -2.10. The number of aryl methyl sites for hydroxylation is 2. The van der Waals surface area contributed by atoms with Gasteiger partial charge in [0.15, 0.2) is 0 Å². The van der Waals surface area contributed by atoms with Crippen LogP contribution in [0, 0.1) is 6.92 Å². The normalized spacial score (nSPS) is 12.3. The zero-order valence-electron chi connectivity index (χ0n) is 11.2. The maximum Gasteiger partial charge on any atom is 0.314 e. The Kier molecular flexibility index (Phi) is 4.00. The standard InChI is InChI=1S/C15H18N2O2/c1-3-17-9-8-16-14(17)13(15(18)19)10-12-7-5-4-6-11(12)2/h4-9,13H,3,10H2,1-2H3,(H,18,19). The van der Waals surface area contributed by atoms with E-state index in [1.807, 2.05) is 48.9 Å². The van der Waals surface area contributed by atoms with Gasteiger partial charge in [0.05, 0.1) is 0 Å². The first-order valence-corrected chi connectivity index (χ1v) is 6.41. The third-order valence-corrected chi connectivity index (χ3v) is 3.38. The van der Waals surface area contributed by atoms with E-state index in [-0.39, 0.29) is 0 Å². The highest BCUT2D eigenvalue weighted by Gasteiger charge is 2.25. The van der Waals surface area contributed by atoms with Crippen LogP contribution in [0.5, 0.6) is 0 Å². The van der Waals surface area contributed by atoms with E-state index in [1.165, 1.54) is 0 Å². The van der Waals surface area contributed by atoms with Crippen molar-refractivity contribution in [2.45, 2.75) is 32.7 Å². The highest BCUT2D eigenvalue weighted by Crippen LogP contribution is 2.22. The topological polar surface area (TPSA) is 55.1 Å². The summed E-state index contributed by atoms with van der Waals surface area (Å²) in [4.78, 5) is 15.7. The summed E-state index contributed by atoms with van der Waals surface area (Å²) in [6, 6.07) is 7.88. The average Bonchev–Trinajstić information content (AvgIpc) is 2.85. The smallest absolute Gasteiger partial charge is 0.314 e. The molecule has 1 aromatic carbocycles. The quantitative estimate of drug-likeness (QED) is 0.897. The highest BCUT2D eigenvalue weighted by molar-refractivity contribution is 5.75. The molecule has 0 spiro atoms. The fraction of sp³-hybridized carbons (Fsp3) is 0.333. The molecule has 0 saturated carbocycles. The van der Waals surface area contributed by atoms with Gasteiger partial charge in [-0.1, -0.05) is 24.3 Å². The van der Waals surface area contributed by atoms with Gasteiger partial charge in [0.1, 0.15) is 11.7 Å². The molecule has 4 nitrogen and oxygen atoms in total. The number of carbonyl (C=O) groups is 1. The van der Waals surface area contributed by atoms with Crippen molar-refractivity contribution in [3.63, 3.8) is 0 Å². The number of carboxylic acids is 1. The molecular weight excluding hydrogens is 240 g/mol. The van der Waals surface area contributed by atoms with Crippen LogP contribution in [0.1, 0.15) is 29.8 Å². The van der Waals surface area contributed by atoms with Crippen LogP contribution in [-0.4, -0.2) is 20.6 Å². The van der Waals surface area contributed by atoms with Gasteiger partial charge in [-0.2, -0.15) is 0 Å². The highest BCUT2D eigenvalue weighted by atomic mass is 16.4. The van der Waals surface area contributed by atoms with Gasteiger partial charge in [-0.3, -0.25) is 4.79 Å². The van der Waals surface area contributed by atoms with Crippen molar-refractivity contribution in [1.82, 2.24) is 9.55 Å². The van der Waals surface area contributed by atoms with Crippen molar-refractivity contribution >= 4 is 5.97 Å². The van der Waals surface area contributed by atoms with E-state index in [4.69, 9.17) is 0 Å². The minimum absolute atomic E-state index is 0.471. The number of hydrogen-bond donors (Lipinski definition) is 1. The summed E-state index contributed by atoms with van der Waals surface area (Å²) in [7, 11) is 0. The molecule has 0 bridgehead atoms. The first-order chi connectivity index (χ1) is 9.13. The fourth-order valence-corrected chi connectivity index (χ4v) is 2.25. The first kappa shape index (κ1) is 13.3. The lowest BCUT2D eigenvalue weighted by Crippen LogP contribution is -2.19. The second kappa shape index (κ2) is 5.69. The van der Waals surface area contributed by atoms with Crippen molar-refractivity contribution in [2.24, 2.45) is 0 Å². The Bertz CT molecular complexity index is 575. The van der Waals surface area contributed by atoms with Gasteiger partial charge in [-0.05, 0) is 31.4 Å². The van der Waals surface area contributed by atoms with E-state index in [1.54, 1.807) is 6.20 Å². The van der Waals surface area contributed by atoms with E-state index in [0.29, 0.717) is 12.2 Å². The molecule has 0 aliphatic rings. The van der Waals surface area contributed by atoms with Crippen LogP contribution in [0.15, 0.2) is 36.7 Å². The summed E-state index contributed by atoms with van der Waals surface area (Å²) in [5.74, 6) is -0.807. The number of aromatic nitrogens is 2. The Labute approximate surface area is 112 Å². The maximum atomic E-state index is 11.5. The molecule has 1 N–H and O–H groups in total. The van der Waals surface area contributed by atoms with Gasteiger partial charge < -0.3 is 9.67 Å². The van der Waals surface area contributed by atoms with Crippen LogP contribution in [-0.2, 0) is 17.8 Å². The largest absolute Gasteiger partial charge is 0.481 e. The summed E-state index contributed by atoms with van der Waals surface area (Å²) >= 11 is 0. The van der Waals surface area contributed by atoms with Crippen LogP contribution >= 0.6 is 0 Å². The van der Waals surface area contributed by atoms with Crippen molar-refractivity contribution in [1.29, 1.82) is 0 Å². The summed E-state index contributed by atoms with van der Waals surface area (Å²) < 4.78 is 1.89. The molecule has 1 aromatic heterocycles. The van der Waals surface area contributed by atoms with E-state index in [0.717, 1.165) is 17.7 Å². The minimum atomic E-state index is -0.829. The summed E-state index contributed by atoms with van der Waals surface area (Å²) in [6.45, 7) is 4.71. The maximum absolute atomic E-state index is 11.5. The second-order valence-corrected chi connectivity index (χ2v) is 4.59. The molecule has 1 unspecified atom stereocenters. The predicted molar refractivity (Wildman–Crippen MR) is 73.2 cm³/mol. The second-order valence-electron chi connectivity index (χ2n) is 4.59. The molecule has 0 fully saturated rings. The van der Waals surface area contributed by atoms with E-state index in [9.17, 15) is 9.90 Å². The molecule has 100 valence electrons. The van der Waals surface area contributed by atoms with Gasteiger partial charge in [0.2, 0.25) is 0 Å². The van der Waals surface area contributed by atoms with E-state index in [2.05, 4.69) is 4.98 Å². The van der Waals surface area contributed by atoms with Gasteiger partial charge in [-0.15, -0.1) is 0 Å². The van der Waals surface area contributed by atoms with Gasteiger partial charge in [-0.25, -0.2) is 4.98 Å². The molecule has 0 radical (unpaired) electrons. The number of carboxylic acid groups (broad SMARTS) is 1. The zero-order chi connectivity index (χ0) is 13.8. The molecule has 0 amide bonds. The molecule has 0 aliphatic carbocycles. The van der Waals surface area contributed by atoms with Crippen LogP contribution in [0.2, 0.25) is 0 Å². The van der Waals surface area contributed by atoms with Gasteiger partial charge in [0, 0.05) is 18.9 Å². The Morgan fingerprint density at radius 1 is 1.42 bits per heavy atom. The molecule has 2 aromatic rings. The molecule has 1 heterocycles. The number of imidazole rings is 1. The van der Waals surface area contributed by atoms with Crippen LogP contribution in [0.3, 0.4) is 0 Å². The number of aliphatic carboxylic acids is 1. The van der Waals surface area contributed by atoms with Crippen LogP contribution < -0.4 is 0 Å². The van der Waals surface area contributed by atoms with Crippen molar-refractivity contribution in [3.05, 3.63) is 53.6 Å². The molecule has 0 saturated heterocycles. The third-order valence-electron chi connectivity index (χ3n) is 3.38. The molecule has 19 heavy (non-hydrogen) atoms. The fourth-order valence-electron chi connectivity index (χ4n) is 2.25. The minimum Gasteiger partial charge on any atom is -0.481 e. The SMILES string of the molecule is CCn1ccnc1C(Cc1ccccc1C)C(=O)O. The molecule has 1 atom stereocenters. The number of nitrogens with zero attached hydrogens (tertiary/aromatic N) is 2. The molecule has 0 aliphatic heterocycles. The molecular formula is C15H18N2O2. The lowest BCUT2D eigenvalue weighted by molar-refractivity contribution is -0.139. The monoisotopic (exact) mass is 258 g/mol. The average molecular weight is 258 g/mol. The van der Waals surface area contributed by atoms with Crippen LogP contribution in [0.4, 0.5) is 0 Å². The van der Waals surface area contributed by atoms with E-state index < -0.39 is 11.9 Å². The first-order valence-electron chi connectivity index (χ1n) is 6.41. The molecule has 2 rings (SSSR count). The Morgan fingerprint density at radius 3 is 2.79 bits per heavy atom. The lowest BCUT2D eigenvalue weighted by atomic mass is 9.95. The van der Waals surface area contributed by atoms with Gasteiger partial charge in [0.25, 0.3) is 0 Å². The summed E-state index contributed by atoms with van der Waals surface area (Å²) in [5, 5.41) is 9.46.